The summed E-state index contributed by atoms with van der Waals surface area (Å²) < 4.78 is 11.1. The van der Waals surface area contributed by atoms with Crippen LogP contribution in [0.1, 0.15) is 10.4 Å². The second kappa shape index (κ2) is 5.42. The van der Waals surface area contributed by atoms with Gasteiger partial charge in [0.05, 0.1) is 11.3 Å². The summed E-state index contributed by atoms with van der Waals surface area (Å²) in [6.45, 7) is 0.112. The normalized spacial score (nSPS) is 12.3. The van der Waals surface area contributed by atoms with Gasteiger partial charge in [0.2, 0.25) is 6.79 Å². The number of nitrogen functional groups attached to an aromatic ring is 1. The molecule has 0 unspecified atom stereocenters. The Morgan fingerprint density at radius 1 is 1.33 bits per heavy atom. The summed E-state index contributed by atoms with van der Waals surface area (Å²) in [6, 6.07) is 4.74. The van der Waals surface area contributed by atoms with Gasteiger partial charge in [0.25, 0.3) is 5.91 Å². The van der Waals surface area contributed by atoms with Crippen molar-refractivity contribution in [1.29, 1.82) is 0 Å². The Kier molecular flexibility index (Phi) is 3.60. The van der Waals surface area contributed by atoms with Crippen LogP contribution >= 0.6 is 27.5 Å². The fourth-order valence-corrected chi connectivity index (χ4v) is 2.34. The quantitative estimate of drug-likeness (QED) is 0.627. The Morgan fingerprint density at radius 2 is 2.05 bits per heavy atom. The number of carbonyl (C=O) groups excluding carboxylic acids is 1. The number of nitrogens with one attached hydrogen (secondary N) is 1. The van der Waals surface area contributed by atoms with Crippen LogP contribution in [0.15, 0.2) is 28.9 Å². The lowest BCUT2D eigenvalue weighted by Gasteiger charge is -2.09. The summed E-state index contributed by atoms with van der Waals surface area (Å²) in [6.07, 6.45) is 1.53. The van der Waals surface area contributed by atoms with Crippen molar-refractivity contribution >= 4 is 44.8 Å². The zero-order valence-electron chi connectivity index (χ0n) is 10.5. The van der Waals surface area contributed by atoms with Crippen LogP contribution in [0.4, 0.5) is 11.4 Å². The van der Waals surface area contributed by atoms with Crippen molar-refractivity contribution in [3.8, 4) is 11.5 Å². The molecule has 0 aliphatic carbocycles. The van der Waals surface area contributed by atoms with E-state index in [1.165, 1.54) is 12.3 Å². The topological polar surface area (TPSA) is 86.5 Å². The van der Waals surface area contributed by atoms with E-state index in [4.69, 9.17) is 26.8 Å². The van der Waals surface area contributed by atoms with Crippen molar-refractivity contribution in [2.75, 3.05) is 17.8 Å². The summed E-state index contributed by atoms with van der Waals surface area (Å²) in [7, 11) is 0. The van der Waals surface area contributed by atoms with Crippen LogP contribution in [0.5, 0.6) is 11.5 Å². The fraction of sp³-hybridized carbons (Fsp3) is 0.0769. The molecule has 1 aliphatic rings. The second-order valence-electron chi connectivity index (χ2n) is 4.24. The van der Waals surface area contributed by atoms with E-state index in [9.17, 15) is 4.79 Å². The molecule has 0 spiro atoms. The fourth-order valence-electron chi connectivity index (χ4n) is 1.85. The smallest absolute Gasteiger partial charge is 0.257 e. The molecule has 1 aliphatic heterocycles. The summed E-state index contributed by atoms with van der Waals surface area (Å²) in [5.41, 5.74) is 6.81. The van der Waals surface area contributed by atoms with E-state index in [-0.39, 0.29) is 23.2 Å². The largest absolute Gasteiger partial charge is 0.454 e. The Hall–Kier alpha value is -1.99. The third-order valence-electron chi connectivity index (χ3n) is 2.84. The maximum atomic E-state index is 12.3. The highest BCUT2D eigenvalue weighted by Crippen LogP contribution is 2.36. The number of halogens is 2. The van der Waals surface area contributed by atoms with E-state index in [0.29, 0.717) is 21.7 Å². The van der Waals surface area contributed by atoms with Crippen molar-refractivity contribution < 1.29 is 14.3 Å². The maximum Gasteiger partial charge on any atom is 0.257 e. The standard InChI is InChI=1S/C13H9BrClN3O3/c14-6-1-9(12(15)17-4-6)18-13(19)7-2-10-11(3-8(7)16)21-5-20-10/h1-4H,5,16H2,(H,18,19). The van der Waals surface area contributed by atoms with Gasteiger partial charge in [-0.2, -0.15) is 0 Å². The van der Waals surface area contributed by atoms with Crippen molar-refractivity contribution in [3.63, 3.8) is 0 Å². The van der Waals surface area contributed by atoms with Gasteiger partial charge in [-0.05, 0) is 28.1 Å². The number of ether oxygens (including phenoxy) is 2. The number of carbonyl (C=O) groups is 1. The summed E-state index contributed by atoms with van der Waals surface area (Å²) in [4.78, 5) is 16.2. The third-order valence-corrected chi connectivity index (χ3v) is 3.58. The number of anilines is 2. The van der Waals surface area contributed by atoms with E-state index in [2.05, 4.69) is 26.2 Å². The van der Waals surface area contributed by atoms with Gasteiger partial charge in [0.1, 0.15) is 0 Å². The molecule has 1 aromatic carbocycles. The van der Waals surface area contributed by atoms with Crippen molar-refractivity contribution in [2.45, 2.75) is 0 Å². The van der Waals surface area contributed by atoms with E-state index in [0.717, 1.165) is 0 Å². The van der Waals surface area contributed by atoms with Crippen LogP contribution in [0.3, 0.4) is 0 Å². The lowest BCUT2D eigenvalue weighted by atomic mass is 10.1. The van der Waals surface area contributed by atoms with Crippen molar-refractivity contribution in [3.05, 3.63) is 39.6 Å². The van der Waals surface area contributed by atoms with Crippen LogP contribution in [-0.4, -0.2) is 17.7 Å². The molecule has 6 nitrogen and oxygen atoms in total. The number of nitrogens with two attached hydrogens (primary N) is 1. The molecular formula is C13H9BrClN3O3. The number of pyridine rings is 1. The molecule has 1 amide bonds. The minimum Gasteiger partial charge on any atom is -0.454 e. The molecule has 3 N–H and O–H groups in total. The van der Waals surface area contributed by atoms with Crippen LogP contribution in [0.2, 0.25) is 5.15 Å². The maximum absolute atomic E-state index is 12.3. The summed E-state index contributed by atoms with van der Waals surface area (Å²) in [5, 5.41) is 2.85. The third kappa shape index (κ3) is 2.74. The molecule has 0 saturated heterocycles. The first-order valence-corrected chi connectivity index (χ1v) is 7.03. The lowest BCUT2D eigenvalue weighted by molar-refractivity contribution is 0.102. The van der Waals surface area contributed by atoms with Crippen LogP contribution in [-0.2, 0) is 0 Å². The number of benzene rings is 1. The molecule has 0 atom stereocenters. The summed E-state index contributed by atoms with van der Waals surface area (Å²) in [5.74, 6) is 0.589. The zero-order chi connectivity index (χ0) is 15.0. The molecule has 2 aromatic rings. The van der Waals surface area contributed by atoms with Gasteiger partial charge >= 0.3 is 0 Å². The SMILES string of the molecule is Nc1cc2c(cc1C(=O)Nc1cc(Br)cnc1Cl)OCO2. The highest BCUT2D eigenvalue weighted by molar-refractivity contribution is 9.10. The molecule has 2 heterocycles. The first-order chi connectivity index (χ1) is 10.0. The second-order valence-corrected chi connectivity index (χ2v) is 5.51. The summed E-state index contributed by atoms with van der Waals surface area (Å²) >= 11 is 9.20. The minimum absolute atomic E-state index is 0.112. The van der Waals surface area contributed by atoms with Gasteiger partial charge in [0, 0.05) is 22.4 Å². The lowest BCUT2D eigenvalue weighted by Crippen LogP contribution is -2.14. The molecule has 0 saturated carbocycles. The monoisotopic (exact) mass is 369 g/mol. The molecular weight excluding hydrogens is 362 g/mol. The van der Waals surface area contributed by atoms with Gasteiger partial charge in [-0.15, -0.1) is 0 Å². The first-order valence-electron chi connectivity index (χ1n) is 5.86. The van der Waals surface area contributed by atoms with E-state index >= 15 is 0 Å². The molecule has 21 heavy (non-hydrogen) atoms. The van der Waals surface area contributed by atoms with Gasteiger partial charge in [-0.3, -0.25) is 4.79 Å². The Labute approximate surface area is 133 Å². The Balaban J connectivity index is 1.91. The number of aromatic nitrogens is 1. The van der Waals surface area contributed by atoms with Crippen molar-refractivity contribution in [1.82, 2.24) is 4.98 Å². The predicted octanol–water partition coefficient (Wildman–Crippen LogP) is 3.06. The Morgan fingerprint density at radius 3 is 2.81 bits per heavy atom. The van der Waals surface area contributed by atoms with Crippen molar-refractivity contribution in [2.24, 2.45) is 0 Å². The average Bonchev–Trinajstić information content (AvgIpc) is 2.89. The van der Waals surface area contributed by atoms with Crippen LogP contribution in [0.25, 0.3) is 0 Å². The zero-order valence-corrected chi connectivity index (χ0v) is 12.9. The Bertz CT molecular complexity index is 739. The van der Waals surface area contributed by atoms with Gasteiger partial charge in [-0.25, -0.2) is 4.98 Å². The predicted molar refractivity (Wildman–Crippen MR) is 81.9 cm³/mol. The molecule has 8 heteroatoms. The average molecular weight is 371 g/mol. The van der Waals surface area contributed by atoms with Crippen LogP contribution < -0.4 is 20.5 Å². The van der Waals surface area contributed by atoms with Crippen LogP contribution in [0, 0.1) is 0 Å². The highest BCUT2D eigenvalue weighted by atomic mass is 79.9. The van der Waals surface area contributed by atoms with E-state index < -0.39 is 5.91 Å². The number of hydrogen-bond donors (Lipinski definition) is 2. The van der Waals surface area contributed by atoms with E-state index in [1.54, 1.807) is 12.1 Å². The first kappa shape index (κ1) is 14.0. The van der Waals surface area contributed by atoms with Gasteiger partial charge < -0.3 is 20.5 Å². The highest BCUT2D eigenvalue weighted by Gasteiger charge is 2.20. The molecule has 3 rings (SSSR count). The number of rotatable bonds is 2. The van der Waals surface area contributed by atoms with Gasteiger partial charge in [-0.1, -0.05) is 11.6 Å². The van der Waals surface area contributed by atoms with Gasteiger partial charge in [0.15, 0.2) is 16.7 Å². The molecule has 0 radical (unpaired) electrons. The molecule has 1 aromatic heterocycles. The number of amides is 1. The minimum atomic E-state index is -0.410. The molecule has 108 valence electrons. The van der Waals surface area contributed by atoms with E-state index in [1.807, 2.05) is 0 Å². The number of hydrogen-bond acceptors (Lipinski definition) is 5. The number of fused-ring (bicyclic) bond motifs is 1. The molecule has 0 bridgehead atoms. The molecule has 0 fully saturated rings. The number of nitrogens with zero attached hydrogens (tertiary/aromatic N) is 1.